The molecule has 0 radical (unpaired) electrons. The highest BCUT2D eigenvalue weighted by Crippen LogP contribution is 2.31. The van der Waals surface area contributed by atoms with Crippen molar-refractivity contribution < 1.29 is 14.3 Å². The van der Waals surface area contributed by atoms with Crippen molar-refractivity contribution in [2.24, 2.45) is 0 Å². The first-order chi connectivity index (χ1) is 10.1. The van der Waals surface area contributed by atoms with E-state index in [1.807, 2.05) is 6.20 Å². The average Bonchev–Trinajstić information content (AvgIpc) is 2.88. The summed E-state index contributed by atoms with van der Waals surface area (Å²) in [7, 11) is 0. The van der Waals surface area contributed by atoms with Crippen molar-refractivity contribution >= 4 is 28.3 Å². The molecule has 0 spiro atoms. The van der Waals surface area contributed by atoms with Gasteiger partial charge in [-0.2, -0.15) is 0 Å². The van der Waals surface area contributed by atoms with Crippen molar-refractivity contribution in [3.63, 3.8) is 0 Å². The number of amides is 1. The Morgan fingerprint density at radius 1 is 1.38 bits per heavy atom. The van der Waals surface area contributed by atoms with Crippen LogP contribution in [0.15, 0.2) is 6.20 Å². The highest BCUT2D eigenvalue weighted by atomic mass is 32.1. The monoisotopic (exact) mass is 312 g/mol. The molecular weight excluding hydrogens is 288 g/mol. The van der Waals surface area contributed by atoms with Crippen molar-refractivity contribution in [3.8, 4) is 0 Å². The van der Waals surface area contributed by atoms with Gasteiger partial charge in [0.05, 0.1) is 6.61 Å². The van der Waals surface area contributed by atoms with Crippen LogP contribution in [0.2, 0.25) is 0 Å². The molecule has 0 aliphatic rings. The third kappa shape index (κ3) is 6.25. The van der Waals surface area contributed by atoms with E-state index in [2.05, 4.69) is 24.1 Å². The van der Waals surface area contributed by atoms with Crippen LogP contribution in [-0.2, 0) is 14.3 Å². The number of esters is 1. The lowest BCUT2D eigenvalue weighted by Crippen LogP contribution is -2.17. The summed E-state index contributed by atoms with van der Waals surface area (Å²) in [6, 6.07) is 0. The molecule has 0 saturated carbocycles. The topological polar surface area (TPSA) is 68.3 Å². The molecule has 1 unspecified atom stereocenters. The van der Waals surface area contributed by atoms with Crippen molar-refractivity contribution in [1.29, 1.82) is 0 Å². The van der Waals surface area contributed by atoms with Crippen LogP contribution >= 0.6 is 11.3 Å². The lowest BCUT2D eigenvalue weighted by atomic mass is 9.98. The van der Waals surface area contributed by atoms with Gasteiger partial charge in [0.2, 0.25) is 5.91 Å². The number of nitrogens with one attached hydrogen (secondary N) is 1. The highest BCUT2D eigenvalue weighted by Gasteiger charge is 2.15. The number of thiazole rings is 1. The first-order valence-electron chi connectivity index (χ1n) is 7.51. The molecule has 1 atom stereocenters. The molecular formula is C15H24N2O3S. The Labute approximate surface area is 130 Å². The number of unbranched alkanes of at least 4 members (excludes halogenated alkanes) is 1. The molecule has 6 heteroatoms. The molecule has 0 saturated heterocycles. The largest absolute Gasteiger partial charge is 0.466 e. The van der Waals surface area contributed by atoms with E-state index in [0.29, 0.717) is 11.0 Å². The summed E-state index contributed by atoms with van der Waals surface area (Å²) in [6.45, 7) is 6.34. The Kier molecular flexibility index (Phi) is 7.97. The van der Waals surface area contributed by atoms with Crippen LogP contribution in [0.25, 0.3) is 0 Å². The SMILES string of the molecule is CCCCC(CC)c1cnc(NC(=O)CC(=O)OCC)s1. The average molecular weight is 312 g/mol. The van der Waals surface area contributed by atoms with E-state index in [1.54, 1.807) is 6.92 Å². The number of carbonyl (C=O) groups is 2. The summed E-state index contributed by atoms with van der Waals surface area (Å²) >= 11 is 1.49. The third-order valence-corrected chi connectivity index (χ3v) is 4.26. The molecule has 1 amide bonds. The van der Waals surface area contributed by atoms with Crippen LogP contribution in [0.4, 0.5) is 5.13 Å². The van der Waals surface area contributed by atoms with E-state index in [-0.39, 0.29) is 18.9 Å². The van der Waals surface area contributed by atoms with E-state index < -0.39 is 5.97 Å². The van der Waals surface area contributed by atoms with Gasteiger partial charge in [-0.1, -0.05) is 26.7 Å². The Morgan fingerprint density at radius 3 is 2.76 bits per heavy atom. The molecule has 118 valence electrons. The van der Waals surface area contributed by atoms with Crippen molar-refractivity contribution in [3.05, 3.63) is 11.1 Å². The second-order valence-electron chi connectivity index (χ2n) is 4.85. The van der Waals surface area contributed by atoms with Gasteiger partial charge in [-0.25, -0.2) is 4.98 Å². The second-order valence-corrected chi connectivity index (χ2v) is 5.91. The van der Waals surface area contributed by atoms with Gasteiger partial charge < -0.3 is 10.1 Å². The zero-order chi connectivity index (χ0) is 15.7. The molecule has 0 fully saturated rings. The van der Waals surface area contributed by atoms with Crippen LogP contribution in [0.1, 0.15) is 63.7 Å². The van der Waals surface area contributed by atoms with Gasteiger partial charge in [0.15, 0.2) is 5.13 Å². The summed E-state index contributed by atoms with van der Waals surface area (Å²) in [6.07, 6.45) is 6.15. The number of anilines is 1. The van der Waals surface area contributed by atoms with Crippen molar-refractivity contribution in [2.45, 2.75) is 58.8 Å². The van der Waals surface area contributed by atoms with E-state index in [1.165, 1.54) is 29.1 Å². The second kappa shape index (κ2) is 9.50. The number of hydrogen-bond acceptors (Lipinski definition) is 5. The molecule has 5 nitrogen and oxygen atoms in total. The number of hydrogen-bond donors (Lipinski definition) is 1. The number of ether oxygens (including phenoxy) is 1. The maximum absolute atomic E-state index is 11.7. The van der Waals surface area contributed by atoms with Gasteiger partial charge in [0.1, 0.15) is 6.42 Å². The number of nitrogens with zero attached hydrogens (tertiary/aromatic N) is 1. The first kappa shape index (κ1) is 17.6. The van der Waals surface area contributed by atoms with Crippen LogP contribution < -0.4 is 5.32 Å². The predicted molar refractivity (Wildman–Crippen MR) is 84.6 cm³/mol. The summed E-state index contributed by atoms with van der Waals surface area (Å²) in [4.78, 5) is 28.3. The molecule has 1 rings (SSSR count). The molecule has 0 bridgehead atoms. The van der Waals surface area contributed by atoms with Crippen molar-refractivity contribution in [2.75, 3.05) is 11.9 Å². The minimum Gasteiger partial charge on any atom is -0.466 e. The number of aromatic nitrogens is 1. The van der Waals surface area contributed by atoms with E-state index in [4.69, 9.17) is 4.74 Å². The third-order valence-electron chi connectivity index (χ3n) is 3.18. The summed E-state index contributed by atoms with van der Waals surface area (Å²) in [5.74, 6) is -0.393. The smallest absolute Gasteiger partial charge is 0.315 e. The maximum atomic E-state index is 11.7. The fraction of sp³-hybridized carbons (Fsp3) is 0.667. The Bertz CT molecular complexity index is 460. The molecule has 1 aromatic heterocycles. The first-order valence-corrected chi connectivity index (χ1v) is 8.33. The molecule has 21 heavy (non-hydrogen) atoms. The van der Waals surface area contributed by atoms with E-state index in [9.17, 15) is 9.59 Å². The summed E-state index contributed by atoms with van der Waals surface area (Å²) < 4.78 is 4.74. The molecule has 0 aromatic carbocycles. The minimum atomic E-state index is -0.513. The highest BCUT2D eigenvalue weighted by molar-refractivity contribution is 7.15. The fourth-order valence-electron chi connectivity index (χ4n) is 2.04. The summed E-state index contributed by atoms with van der Waals surface area (Å²) in [5.41, 5.74) is 0. The molecule has 1 N–H and O–H groups in total. The molecule has 0 aliphatic carbocycles. The van der Waals surface area contributed by atoms with E-state index >= 15 is 0 Å². The Morgan fingerprint density at radius 2 is 2.14 bits per heavy atom. The predicted octanol–water partition coefficient (Wildman–Crippen LogP) is 3.72. The lowest BCUT2D eigenvalue weighted by molar-refractivity contribution is -0.145. The molecule has 1 aromatic rings. The van der Waals surface area contributed by atoms with Gasteiger partial charge >= 0.3 is 5.97 Å². The fourth-order valence-corrected chi connectivity index (χ4v) is 3.09. The van der Waals surface area contributed by atoms with Crippen LogP contribution in [0, 0.1) is 0 Å². The van der Waals surface area contributed by atoms with Gasteiger partial charge in [-0.3, -0.25) is 9.59 Å². The zero-order valence-electron chi connectivity index (χ0n) is 13.0. The van der Waals surface area contributed by atoms with Crippen LogP contribution in [-0.4, -0.2) is 23.5 Å². The van der Waals surface area contributed by atoms with Gasteiger partial charge in [-0.05, 0) is 25.7 Å². The quantitative estimate of drug-likeness (QED) is 0.557. The Hall–Kier alpha value is -1.43. The zero-order valence-corrected chi connectivity index (χ0v) is 13.8. The Balaban J connectivity index is 2.54. The number of rotatable bonds is 9. The summed E-state index contributed by atoms with van der Waals surface area (Å²) in [5, 5.41) is 3.20. The lowest BCUT2D eigenvalue weighted by Gasteiger charge is -2.10. The van der Waals surface area contributed by atoms with Crippen LogP contribution in [0.5, 0.6) is 0 Å². The van der Waals surface area contributed by atoms with Crippen molar-refractivity contribution in [1.82, 2.24) is 4.98 Å². The normalized spacial score (nSPS) is 12.0. The van der Waals surface area contributed by atoms with Crippen LogP contribution in [0.3, 0.4) is 0 Å². The molecule has 0 aliphatic heterocycles. The van der Waals surface area contributed by atoms with Gasteiger partial charge in [0.25, 0.3) is 0 Å². The minimum absolute atomic E-state index is 0.268. The standard InChI is InChI=1S/C15H24N2O3S/c1-4-7-8-11(5-2)12-10-16-15(21-12)17-13(18)9-14(19)20-6-3/h10-11H,4-9H2,1-3H3,(H,16,17,18). The van der Waals surface area contributed by atoms with Gasteiger partial charge in [-0.15, -0.1) is 11.3 Å². The van der Waals surface area contributed by atoms with E-state index in [0.717, 1.165) is 12.8 Å². The maximum Gasteiger partial charge on any atom is 0.315 e. The number of carbonyl (C=O) groups excluding carboxylic acids is 2. The molecule has 1 heterocycles. The van der Waals surface area contributed by atoms with Gasteiger partial charge in [0, 0.05) is 11.1 Å².